The molecule has 0 bridgehead atoms. The van der Waals surface area contributed by atoms with Crippen LogP contribution in [0.2, 0.25) is 0 Å². The molecule has 2 aromatic heterocycles. The Labute approximate surface area is 123 Å². The largest absolute Gasteiger partial charge is 0.480 e. The van der Waals surface area contributed by atoms with Crippen LogP contribution in [0.15, 0.2) is 22.9 Å². The van der Waals surface area contributed by atoms with Crippen molar-refractivity contribution < 1.29 is 9.26 Å². The van der Waals surface area contributed by atoms with Crippen molar-refractivity contribution in [2.24, 2.45) is 11.7 Å². The fourth-order valence-electron chi connectivity index (χ4n) is 2.75. The van der Waals surface area contributed by atoms with Gasteiger partial charge in [-0.15, -0.1) is 0 Å². The Balaban J connectivity index is 1.90. The lowest BCUT2D eigenvalue weighted by Crippen LogP contribution is -2.41. The van der Waals surface area contributed by atoms with Crippen LogP contribution in [-0.4, -0.2) is 22.2 Å². The van der Waals surface area contributed by atoms with Gasteiger partial charge < -0.3 is 15.0 Å². The third kappa shape index (κ3) is 2.63. The predicted molar refractivity (Wildman–Crippen MR) is 77.6 cm³/mol. The topological polar surface area (TPSA) is 87.1 Å². The number of methoxy groups -OCH3 is 1. The van der Waals surface area contributed by atoms with Crippen LogP contribution >= 0.6 is 0 Å². The van der Waals surface area contributed by atoms with E-state index < -0.39 is 5.54 Å². The van der Waals surface area contributed by atoms with Crippen molar-refractivity contribution in [2.45, 2.75) is 38.1 Å². The molecule has 1 aliphatic rings. The van der Waals surface area contributed by atoms with Gasteiger partial charge in [0.1, 0.15) is 5.56 Å². The molecule has 1 aliphatic carbocycles. The molecule has 2 N–H and O–H groups in total. The van der Waals surface area contributed by atoms with E-state index in [9.17, 15) is 0 Å². The van der Waals surface area contributed by atoms with Crippen LogP contribution in [0.25, 0.3) is 11.5 Å². The number of pyridine rings is 1. The van der Waals surface area contributed by atoms with Crippen LogP contribution in [-0.2, 0) is 5.54 Å². The molecule has 0 atom stereocenters. The van der Waals surface area contributed by atoms with Crippen LogP contribution in [0.1, 0.15) is 38.4 Å². The quantitative estimate of drug-likeness (QED) is 0.933. The van der Waals surface area contributed by atoms with Crippen LogP contribution in [0, 0.1) is 5.92 Å². The monoisotopic (exact) mass is 288 g/mol. The first-order chi connectivity index (χ1) is 10.1. The Bertz CT molecular complexity index is 618. The van der Waals surface area contributed by atoms with Gasteiger partial charge in [-0.05, 0) is 43.7 Å². The summed E-state index contributed by atoms with van der Waals surface area (Å²) in [4.78, 5) is 8.63. The van der Waals surface area contributed by atoms with Crippen molar-refractivity contribution in [2.75, 3.05) is 7.11 Å². The third-order valence-electron chi connectivity index (χ3n) is 4.23. The van der Waals surface area contributed by atoms with E-state index in [1.807, 2.05) is 12.1 Å². The molecule has 112 valence electrons. The Morgan fingerprint density at radius 3 is 2.86 bits per heavy atom. The highest BCUT2D eigenvalue weighted by atomic mass is 16.5. The summed E-state index contributed by atoms with van der Waals surface area (Å²) in [6.07, 6.45) is 5.62. The summed E-state index contributed by atoms with van der Waals surface area (Å²) in [5.74, 6) is 2.16. The fourth-order valence-corrected chi connectivity index (χ4v) is 2.75. The molecule has 2 heterocycles. The molecule has 0 unspecified atom stereocenters. The van der Waals surface area contributed by atoms with Gasteiger partial charge in [-0.25, -0.2) is 4.98 Å². The number of nitrogens with zero attached hydrogens (tertiary/aromatic N) is 3. The average Bonchev–Trinajstić information content (AvgIpc) is 3.01. The highest BCUT2D eigenvalue weighted by Gasteiger charge is 2.36. The van der Waals surface area contributed by atoms with Gasteiger partial charge >= 0.3 is 0 Å². The van der Waals surface area contributed by atoms with Crippen LogP contribution in [0.5, 0.6) is 5.88 Å². The molecular formula is C15H20N4O2. The smallest absolute Gasteiger partial charge is 0.263 e. The number of aromatic nitrogens is 3. The first-order valence-corrected chi connectivity index (χ1v) is 7.25. The van der Waals surface area contributed by atoms with E-state index in [2.05, 4.69) is 22.0 Å². The van der Waals surface area contributed by atoms with E-state index in [-0.39, 0.29) is 0 Å². The second-order valence-corrected chi connectivity index (χ2v) is 5.82. The number of ether oxygens (including phenoxy) is 1. The fraction of sp³-hybridized carbons (Fsp3) is 0.533. The summed E-state index contributed by atoms with van der Waals surface area (Å²) >= 11 is 0. The minimum atomic E-state index is -0.482. The molecule has 0 spiro atoms. The van der Waals surface area contributed by atoms with Gasteiger partial charge in [0.25, 0.3) is 5.89 Å². The second-order valence-electron chi connectivity index (χ2n) is 5.82. The maximum Gasteiger partial charge on any atom is 0.263 e. The summed E-state index contributed by atoms with van der Waals surface area (Å²) < 4.78 is 10.6. The van der Waals surface area contributed by atoms with Crippen LogP contribution in [0.4, 0.5) is 0 Å². The Morgan fingerprint density at radius 1 is 1.38 bits per heavy atom. The summed E-state index contributed by atoms with van der Waals surface area (Å²) in [7, 11) is 1.57. The summed E-state index contributed by atoms with van der Waals surface area (Å²) in [5, 5.41) is 4.09. The molecule has 6 heteroatoms. The molecule has 1 fully saturated rings. The van der Waals surface area contributed by atoms with Gasteiger partial charge in [-0.3, -0.25) is 0 Å². The molecule has 6 nitrogen and oxygen atoms in total. The van der Waals surface area contributed by atoms with E-state index >= 15 is 0 Å². The molecule has 0 radical (unpaired) electrons. The van der Waals surface area contributed by atoms with Gasteiger partial charge in [-0.2, -0.15) is 4.98 Å². The average molecular weight is 288 g/mol. The highest BCUT2D eigenvalue weighted by Crippen LogP contribution is 2.37. The Hall–Kier alpha value is -1.95. The zero-order chi connectivity index (χ0) is 14.9. The number of rotatable bonds is 3. The molecule has 2 aromatic rings. The van der Waals surface area contributed by atoms with E-state index in [4.69, 9.17) is 15.0 Å². The van der Waals surface area contributed by atoms with Crippen LogP contribution in [0.3, 0.4) is 0 Å². The van der Waals surface area contributed by atoms with Gasteiger partial charge in [0.15, 0.2) is 5.82 Å². The van der Waals surface area contributed by atoms with Gasteiger partial charge in [0.2, 0.25) is 5.88 Å². The Morgan fingerprint density at radius 2 is 2.14 bits per heavy atom. The predicted octanol–water partition coefficient (Wildman–Crippen LogP) is 2.50. The lowest BCUT2D eigenvalue weighted by atomic mass is 9.77. The molecular weight excluding hydrogens is 268 g/mol. The number of hydrogen-bond acceptors (Lipinski definition) is 6. The zero-order valence-corrected chi connectivity index (χ0v) is 12.4. The van der Waals surface area contributed by atoms with Gasteiger partial charge in [0.05, 0.1) is 12.6 Å². The van der Waals surface area contributed by atoms with Crippen molar-refractivity contribution in [3.05, 3.63) is 24.2 Å². The number of nitrogens with two attached hydrogens (primary N) is 1. The van der Waals surface area contributed by atoms with E-state index in [0.717, 1.165) is 25.7 Å². The minimum Gasteiger partial charge on any atom is -0.480 e. The van der Waals surface area contributed by atoms with Gasteiger partial charge in [0, 0.05) is 6.20 Å². The Kier molecular flexibility index (Phi) is 3.63. The first kappa shape index (κ1) is 14.0. The van der Waals surface area contributed by atoms with Crippen molar-refractivity contribution >= 4 is 0 Å². The molecule has 0 saturated heterocycles. The SMILES string of the molecule is COc1ncccc1-c1nc(C2(N)CCC(C)CC2)no1. The highest BCUT2D eigenvalue weighted by molar-refractivity contribution is 5.59. The van der Waals surface area contributed by atoms with E-state index in [1.54, 1.807) is 13.3 Å². The molecule has 1 saturated carbocycles. The molecule has 0 amide bonds. The van der Waals surface area contributed by atoms with E-state index in [0.29, 0.717) is 29.1 Å². The first-order valence-electron chi connectivity index (χ1n) is 7.25. The van der Waals surface area contributed by atoms with Crippen molar-refractivity contribution in [1.29, 1.82) is 0 Å². The maximum absolute atomic E-state index is 6.47. The van der Waals surface area contributed by atoms with E-state index in [1.165, 1.54) is 0 Å². The molecule has 0 aliphatic heterocycles. The lowest BCUT2D eigenvalue weighted by Gasteiger charge is -2.33. The summed E-state index contributed by atoms with van der Waals surface area (Å²) in [5.41, 5.74) is 6.68. The zero-order valence-electron chi connectivity index (χ0n) is 12.4. The van der Waals surface area contributed by atoms with Crippen molar-refractivity contribution in [1.82, 2.24) is 15.1 Å². The van der Waals surface area contributed by atoms with Crippen molar-refractivity contribution in [3.63, 3.8) is 0 Å². The summed E-state index contributed by atoms with van der Waals surface area (Å²) in [6.45, 7) is 2.25. The second kappa shape index (κ2) is 5.44. The molecule has 3 rings (SSSR count). The molecule has 21 heavy (non-hydrogen) atoms. The standard InChI is InChI=1S/C15H20N4O2/c1-10-5-7-15(16,8-6-10)14-18-13(21-19-14)11-4-3-9-17-12(11)20-2/h3-4,9-10H,5-8,16H2,1-2H3. The normalized spacial score (nSPS) is 25.8. The molecule has 0 aromatic carbocycles. The van der Waals surface area contributed by atoms with Crippen molar-refractivity contribution in [3.8, 4) is 17.3 Å². The third-order valence-corrected chi connectivity index (χ3v) is 4.23. The minimum absolute atomic E-state index is 0.401. The maximum atomic E-state index is 6.47. The van der Waals surface area contributed by atoms with Gasteiger partial charge in [-0.1, -0.05) is 12.1 Å². The number of hydrogen-bond donors (Lipinski definition) is 1. The summed E-state index contributed by atoms with van der Waals surface area (Å²) in [6, 6.07) is 3.65. The lowest BCUT2D eigenvalue weighted by molar-refractivity contribution is 0.230. The van der Waals surface area contributed by atoms with Crippen LogP contribution < -0.4 is 10.5 Å².